The molecular weight excluding hydrogens is 700 g/mol. The first-order valence-electron chi connectivity index (χ1n) is 15.9. The lowest BCUT2D eigenvalue weighted by Crippen LogP contribution is -2.14. The standard InChI is InChI=1S/C34H38Cl2N2O4S4/c1-3-5-7-9-11-13-15-41-33(39)23(19-37)27-21-17-25(35)43-29(21)31(45-27)32-30-22(18-26(36)44-30)28(46-32)24(20-38)34(40)42-16-14-12-10-8-6-4-2/h17-18,23-24H,3-16H2,1-2H3. The maximum atomic E-state index is 13.1. The molecule has 0 fully saturated rings. The van der Waals surface area contributed by atoms with Crippen LogP contribution in [0.1, 0.15) is 112 Å². The number of hydrogen-bond donors (Lipinski definition) is 0. The van der Waals surface area contributed by atoms with Gasteiger partial charge in [-0.1, -0.05) is 101 Å². The molecule has 2 unspecified atom stereocenters. The molecule has 6 nitrogen and oxygen atoms in total. The Kier molecular flexibility index (Phi) is 14.7. The van der Waals surface area contributed by atoms with E-state index in [4.69, 9.17) is 32.7 Å². The molecule has 4 rings (SSSR count). The van der Waals surface area contributed by atoms with E-state index in [1.807, 2.05) is 0 Å². The molecule has 0 aliphatic heterocycles. The molecule has 4 aromatic heterocycles. The zero-order valence-corrected chi connectivity index (χ0v) is 30.9. The number of esters is 2. The van der Waals surface area contributed by atoms with Crippen molar-refractivity contribution in [3.8, 4) is 21.9 Å². The molecule has 4 aromatic rings. The SMILES string of the molecule is CCCCCCCCOC(=O)C(C#N)c1sc(-c2sc(C(C#N)C(=O)OCCCCCCCC)c3cc(Cl)sc23)c2sc(Cl)cc12. The first-order chi connectivity index (χ1) is 22.3. The Hall–Kier alpha value is -2.18. The van der Waals surface area contributed by atoms with Crippen LogP contribution in [0.3, 0.4) is 0 Å². The summed E-state index contributed by atoms with van der Waals surface area (Å²) in [5.74, 6) is -3.33. The third-order valence-corrected chi connectivity index (χ3v) is 13.2. The molecule has 0 amide bonds. The lowest BCUT2D eigenvalue weighted by Gasteiger charge is -2.09. The van der Waals surface area contributed by atoms with Gasteiger partial charge in [-0.2, -0.15) is 10.5 Å². The highest BCUT2D eigenvalue weighted by Crippen LogP contribution is 2.54. The molecule has 0 saturated carbocycles. The highest BCUT2D eigenvalue weighted by Gasteiger charge is 2.33. The first kappa shape index (κ1) is 36.7. The molecule has 0 aliphatic carbocycles. The van der Waals surface area contributed by atoms with Crippen LogP contribution in [0.15, 0.2) is 12.1 Å². The Bertz CT molecular complexity index is 1580. The van der Waals surface area contributed by atoms with E-state index in [0.717, 1.165) is 68.5 Å². The predicted molar refractivity (Wildman–Crippen MR) is 194 cm³/mol. The van der Waals surface area contributed by atoms with Crippen LogP contribution >= 0.6 is 68.5 Å². The summed E-state index contributed by atoms with van der Waals surface area (Å²) in [7, 11) is 0. The van der Waals surface area contributed by atoms with E-state index < -0.39 is 23.8 Å². The van der Waals surface area contributed by atoms with Crippen molar-refractivity contribution in [2.24, 2.45) is 0 Å². The zero-order chi connectivity index (χ0) is 33.1. The molecule has 0 aliphatic rings. The van der Waals surface area contributed by atoms with E-state index >= 15 is 0 Å². The smallest absolute Gasteiger partial charge is 0.328 e. The number of hydrogen-bond acceptors (Lipinski definition) is 10. The molecule has 0 bridgehead atoms. The zero-order valence-electron chi connectivity index (χ0n) is 26.1. The number of unbranched alkanes of at least 4 members (excludes halogenated alkanes) is 10. The van der Waals surface area contributed by atoms with Crippen molar-refractivity contribution in [2.75, 3.05) is 13.2 Å². The summed E-state index contributed by atoms with van der Waals surface area (Å²) in [4.78, 5) is 29.1. The average molecular weight is 738 g/mol. The number of thiophene rings is 4. The Labute approximate surface area is 296 Å². The van der Waals surface area contributed by atoms with E-state index in [0.29, 0.717) is 18.4 Å². The molecule has 46 heavy (non-hydrogen) atoms. The van der Waals surface area contributed by atoms with Gasteiger partial charge < -0.3 is 9.47 Å². The van der Waals surface area contributed by atoms with Crippen LogP contribution in [0, 0.1) is 22.7 Å². The van der Waals surface area contributed by atoms with Gasteiger partial charge in [0.25, 0.3) is 0 Å². The fourth-order valence-electron chi connectivity index (χ4n) is 5.29. The number of carbonyl (C=O) groups excluding carboxylic acids is 2. The van der Waals surface area contributed by atoms with Gasteiger partial charge in [0.15, 0.2) is 11.8 Å². The molecule has 12 heteroatoms. The van der Waals surface area contributed by atoms with E-state index in [1.165, 1.54) is 83.9 Å². The maximum Gasteiger partial charge on any atom is 0.328 e. The van der Waals surface area contributed by atoms with E-state index in [1.54, 1.807) is 12.1 Å². The van der Waals surface area contributed by atoms with Gasteiger partial charge in [0.1, 0.15) is 0 Å². The summed E-state index contributed by atoms with van der Waals surface area (Å²) in [5, 5.41) is 21.7. The van der Waals surface area contributed by atoms with Crippen molar-refractivity contribution in [2.45, 2.75) is 103 Å². The Morgan fingerprint density at radius 3 is 1.39 bits per heavy atom. The second-order valence-corrected chi connectivity index (χ2v) is 16.6. The fraction of sp³-hybridized carbons (Fsp3) is 0.529. The number of nitrogens with zero attached hydrogens (tertiary/aromatic N) is 2. The highest BCUT2D eigenvalue weighted by molar-refractivity contribution is 7.34. The summed E-state index contributed by atoms with van der Waals surface area (Å²) in [5.41, 5.74) is 0. The van der Waals surface area contributed by atoms with E-state index in [9.17, 15) is 20.1 Å². The molecule has 0 N–H and O–H groups in total. The van der Waals surface area contributed by atoms with Crippen LogP contribution < -0.4 is 0 Å². The average Bonchev–Trinajstić information content (AvgIpc) is 3.78. The Balaban J connectivity index is 1.58. The molecule has 2 atom stereocenters. The van der Waals surface area contributed by atoms with Gasteiger partial charge in [0.2, 0.25) is 0 Å². The third kappa shape index (κ3) is 9.04. The van der Waals surface area contributed by atoms with Crippen molar-refractivity contribution in [1.82, 2.24) is 0 Å². The van der Waals surface area contributed by atoms with Crippen LogP contribution in [-0.2, 0) is 19.1 Å². The number of rotatable bonds is 19. The molecule has 0 radical (unpaired) electrons. The number of nitriles is 2. The number of ether oxygens (including phenoxy) is 2. The van der Waals surface area contributed by atoms with Gasteiger partial charge in [0, 0.05) is 20.5 Å². The lowest BCUT2D eigenvalue weighted by molar-refractivity contribution is -0.145. The quantitative estimate of drug-likeness (QED) is 0.0701. The number of fused-ring (bicyclic) bond motifs is 2. The Morgan fingerprint density at radius 1 is 0.652 bits per heavy atom. The molecule has 246 valence electrons. The van der Waals surface area contributed by atoms with Gasteiger partial charge in [-0.25, -0.2) is 0 Å². The normalized spacial score (nSPS) is 12.7. The summed E-state index contributed by atoms with van der Waals surface area (Å²) < 4.78 is 13.9. The summed E-state index contributed by atoms with van der Waals surface area (Å²) in [6, 6.07) is 7.89. The van der Waals surface area contributed by atoms with Crippen LogP contribution in [0.4, 0.5) is 0 Å². The van der Waals surface area contributed by atoms with Gasteiger partial charge in [-0.05, 0) is 25.0 Å². The van der Waals surface area contributed by atoms with Gasteiger partial charge in [-0.15, -0.1) is 45.3 Å². The van der Waals surface area contributed by atoms with Crippen LogP contribution in [0.2, 0.25) is 8.67 Å². The van der Waals surface area contributed by atoms with Crippen molar-refractivity contribution in [3.05, 3.63) is 30.6 Å². The third-order valence-electron chi connectivity index (χ3n) is 7.72. The van der Waals surface area contributed by atoms with Gasteiger partial charge >= 0.3 is 11.9 Å². The van der Waals surface area contributed by atoms with Crippen molar-refractivity contribution < 1.29 is 19.1 Å². The summed E-state index contributed by atoms with van der Waals surface area (Å²) >= 11 is 18.4. The monoisotopic (exact) mass is 736 g/mol. The minimum absolute atomic E-state index is 0.280. The predicted octanol–water partition coefficient (Wildman–Crippen LogP) is 12.2. The number of carbonyl (C=O) groups is 2. The lowest BCUT2D eigenvalue weighted by atomic mass is 10.1. The molecule has 4 heterocycles. The largest absolute Gasteiger partial charge is 0.464 e. The fourth-order valence-corrected chi connectivity index (χ4v) is 11.0. The first-order valence-corrected chi connectivity index (χ1v) is 19.9. The van der Waals surface area contributed by atoms with E-state index in [2.05, 4.69) is 26.0 Å². The van der Waals surface area contributed by atoms with Crippen LogP contribution in [0.25, 0.3) is 29.9 Å². The highest BCUT2D eigenvalue weighted by atomic mass is 35.5. The maximum absolute atomic E-state index is 13.1. The van der Waals surface area contributed by atoms with Gasteiger partial charge in [-0.3, -0.25) is 9.59 Å². The molecule has 0 saturated heterocycles. The van der Waals surface area contributed by atoms with Crippen molar-refractivity contribution in [1.29, 1.82) is 10.5 Å². The number of halogens is 2. The van der Waals surface area contributed by atoms with Crippen LogP contribution in [0.5, 0.6) is 0 Å². The second-order valence-electron chi connectivity index (χ2n) is 11.2. The summed E-state index contributed by atoms with van der Waals surface area (Å²) in [6.07, 6.45) is 12.8. The Morgan fingerprint density at radius 2 is 1.02 bits per heavy atom. The van der Waals surface area contributed by atoms with Crippen LogP contribution in [-0.4, -0.2) is 25.2 Å². The minimum atomic E-state index is -1.10. The molecular formula is C34H38Cl2N2O4S4. The minimum Gasteiger partial charge on any atom is -0.464 e. The topological polar surface area (TPSA) is 100 Å². The second kappa shape index (κ2) is 18.4. The summed E-state index contributed by atoms with van der Waals surface area (Å²) in [6.45, 7) is 4.90. The van der Waals surface area contributed by atoms with Crippen molar-refractivity contribution >= 4 is 101 Å². The molecule has 0 spiro atoms. The van der Waals surface area contributed by atoms with E-state index in [-0.39, 0.29) is 13.2 Å². The molecule has 0 aromatic carbocycles. The van der Waals surface area contributed by atoms with Gasteiger partial charge in [0.05, 0.1) is 53.2 Å². The van der Waals surface area contributed by atoms with Crippen molar-refractivity contribution in [3.63, 3.8) is 0 Å².